The minimum Gasteiger partial charge on any atom is -0.491 e. The first-order valence-electron chi connectivity index (χ1n) is 7.63. The van der Waals surface area contributed by atoms with Crippen molar-refractivity contribution in [3.05, 3.63) is 29.8 Å². The number of ether oxygens (including phenoxy) is 1. The summed E-state index contributed by atoms with van der Waals surface area (Å²) in [5, 5.41) is 21.8. The molecule has 1 rings (SSSR count). The highest BCUT2D eigenvalue weighted by Crippen LogP contribution is 2.11. The van der Waals surface area contributed by atoms with Gasteiger partial charge in [-0.25, -0.2) is 0 Å². The third kappa shape index (κ3) is 8.34. The Labute approximate surface area is 127 Å². The van der Waals surface area contributed by atoms with Gasteiger partial charge in [0.25, 0.3) is 0 Å². The summed E-state index contributed by atoms with van der Waals surface area (Å²) in [5.74, 6) is 1.43. The Bertz CT molecular complexity index is 423. The molecule has 0 radical (unpaired) electrons. The lowest BCUT2D eigenvalue weighted by Crippen LogP contribution is -2.32. The number of unbranched alkanes of at least 4 members (excludes halogenated alkanes) is 1. The Morgan fingerprint density at radius 1 is 1.24 bits per heavy atom. The number of nitrogens with zero attached hydrogens (tertiary/aromatic N) is 1. The van der Waals surface area contributed by atoms with E-state index in [-0.39, 0.29) is 6.61 Å². The summed E-state index contributed by atoms with van der Waals surface area (Å²) in [6.45, 7) is 6.19. The van der Waals surface area contributed by atoms with E-state index < -0.39 is 6.10 Å². The minimum absolute atomic E-state index is 0.255. The minimum atomic E-state index is -0.522. The van der Waals surface area contributed by atoms with E-state index in [1.54, 1.807) is 24.3 Å². The summed E-state index contributed by atoms with van der Waals surface area (Å²) in [7, 11) is 0. The van der Waals surface area contributed by atoms with Crippen LogP contribution in [0.5, 0.6) is 5.75 Å². The molecule has 1 unspecified atom stereocenters. The van der Waals surface area contributed by atoms with Crippen molar-refractivity contribution in [2.45, 2.75) is 39.2 Å². The topological polar surface area (TPSA) is 65.3 Å². The molecule has 4 nitrogen and oxygen atoms in total. The van der Waals surface area contributed by atoms with Crippen LogP contribution in [0.15, 0.2) is 24.3 Å². The molecule has 2 N–H and O–H groups in total. The molecule has 0 aliphatic heterocycles. The maximum atomic E-state index is 9.82. The average molecular weight is 290 g/mol. The largest absolute Gasteiger partial charge is 0.491 e. The molecule has 0 fully saturated rings. The fourth-order valence-electron chi connectivity index (χ4n) is 1.95. The van der Waals surface area contributed by atoms with Crippen LogP contribution in [0.2, 0.25) is 0 Å². The van der Waals surface area contributed by atoms with Gasteiger partial charge in [0.15, 0.2) is 0 Å². The van der Waals surface area contributed by atoms with Crippen molar-refractivity contribution in [1.29, 1.82) is 5.26 Å². The molecular weight excluding hydrogens is 264 g/mol. The molecule has 0 aliphatic rings. The van der Waals surface area contributed by atoms with E-state index in [1.165, 1.54) is 12.8 Å². The highest BCUT2D eigenvalue weighted by Gasteiger charge is 2.05. The lowest BCUT2D eigenvalue weighted by Gasteiger charge is -2.13. The van der Waals surface area contributed by atoms with Crippen LogP contribution in [-0.4, -0.2) is 30.9 Å². The molecule has 1 aromatic rings. The molecule has 4 heteroatoms. The van der Waals surface area contributed by atoms with E-state index in [2.05, 4.69) is 25.2 Å². The van der Waals surface area contributed by atoms with E-state index in [1.807, 2.05) is 0 Å². The highest BCUT2D eigenvalue weighted by molar-refractivity contribution is 5.34. The Balaban J connectivity index is 2.08. The van der Waals surface area contributed by atoms with Crippen molar-refractivity contribution >= 4 is 0 Å². The highest BCUT2D eigenvalue weighted by atomic mass is 16.5. The monoisotopic (exact) mass is 290 g/mol. The number of aliphatic hydroxyl groups excluding tert-OH is 1. The predicted molar refractivity (Wildman–Crippen MR) is 84.2 cm³/mol. The van der Waals surface area contributed by atoms with Crippen molar-refractivity contribution in [1.82, 2.24) is 5.32 Å². The van der Waals surface area contributed by atoms with Crippen LogP contribution in [0, 0.1) is 17.2 Å². The van der Waals surface area contributed by atoms with Crippen molar-refractivity contribution in [2.24, 2.45) is 5.92 Å². The van der Waals surface area contributed by atoms with E-state index in [4.69, 9.17) is 10.00 Å². The number of nitrogens with one attached hydrogen (secondary N) is 1. The first kappa shape index (κ1) is 17.5. The average Bonchev–Trinajstić information content (AvgIpc) is 2.49. The van der Waals surface area contributed by atoms with Gasteiger partial charge in [0.05, 0.1) is 11.6 Å². The Hall–Kier alpha value is -1.57. The zero-order chi connectivity index (χ0) is 15.5. The number of aliphatic hydroxyl groups is 1. The molecule has 0 aromatic heterocycles. The van der Waals surface area contributed by atoms with Crippen molar-refractivity contribution < 1.29 is 9.84 Å². The van der Waals surface area contributed by atoms with Gasteiger partial charge in [-0.1, -0.05) is 26.7 Å². The lowest BCUT2D eigenvalue weighted by atomic mass is 10.1. The zero-order valence-electron chi connectivity index (χ0n) is 13.0. The SMILES string of the molecule is CC(C)CCCCNCC(O)COc1ccc(C#N)cc1. The quantitative estimate of drug-likeness (QED) is 0.650. The van der Waals surface area contributed by atoms with Gasteiger partial charge in [-0.15, -0.1) is 0 Å². The first-order chi connectivity index (χ1) is 10.1. The van der Waals surface area contributed by atoms with Gasteiger partial charge in [0.2, 0.25) is 0 Å². The summed E-state index contributed by atoms with van der Waals surface area (Å²) in [5.41, 5.74) is 0.603. The van der Waals surface area contributed by atoms with Gasteiger partial charge in [0, 0.05) is 6.54 Å². The molecule has 0 amide bonds. The van der Waals surface area contributed by atoms with Crippen LogP contribution in [0.4, 0.5) is 0 Å². The maximum absolute atomic E-state index is 9.82. The number of rotatable bonds is 10. The molecule has 1 atom stereocenters. The molecular formula is C17H26N2O2. The summed E-state index contributed by atoms with van der Waals surface area (Å²) < 4.78 is 5.48. The second-order valence-electron chi connectivity index (χ2n) is 5.69. The second-order valence-corrected chi connectivity index (χ2v) is 5.69. The summed E-state index contributed by atoms with van der Waals surface area (Å²) in [6.07, 6.45) is 3.10. The molecule has 116 valence electrons. The molecule has 0 saturated carbocycles. The standard InChI is InChI=1S/C17H26N2O2/c1-14(2)5-3-4-10-19-12-16(20)13-21-17-8-6-15(11-18)7-9-17/h6-9,14,16,19-20H,3-5,10,12-13H2,1-2H3. The van der Waals surface area contributed by atoms with Gasteiger partial charge in [0.1, 0.15) is 18.5 Å². The molecule has 0 heterocycles. The van der Waals surface area contributed by atoms with Gasteiger partial charge in [-0.3, -0.25) is 0 Å². The first-order valence-corrected chi connectivity index (χ1v) is 7.63. The molecule has 0 aliphatic carbocycles. The number of hydrogen-bond acceptors (Lipinski definition) is 4. The second kappa shape index (κ2) is 10.2. The van der Waals surface area contributed by atoms with E-state index in [0.29, 0.717) is 17.9 Å². The van der Waals surface area contributed by atoms with Crippen LogP contribution in [0.25, 0.3) is 0 Å². The zero-order valence-corrected chi connectivity index (χ0v) is 13.0. The van der Waals surface area contributed by atoms with Crippen LogP contribution in [-0.2, 0) is 0 Å². The van der Waals surface area contributed by atoms with E-state index >= 15 is 0 Å². The molecule has 0 spiro atoms. The van der Waals surface area contributed by atoms with E-state index in [0.717, 1.165) is 18.9 Å². The van der Waals surface area contributed by atoms with Gasteiger partial charge in [-0.05, 0) is 43.1 Å². The third-order valence-electron chi connectivity index (χ3n) is 3.19. The number of benzene rings is 1. The summed E-state index contributed by atoms with van der Waals surface area (Å²) in [4.78, 5) is 0. The fraction of sp³-hybridized carbons (Fsp3) is 0.588. The summed E-state index contributed by atoms with van der Waals surface area (Å²) in [6, 6.07) is 8.94. The number of hydrogen-bond donors (Lipinski definition) is 2. The Kier molecular flexibility index (Phi) is 8.49. The molecule has 0 bridgehead atoms. The Morgan fingerprint density at radius 2 is 1.95 bits per heavy atom. The van der Waals surface area contributed by atoms with Gasteiger partial charge >= 0.3 is 0 Å². The number of nitriles is 1. The van der Waals surface area contributed by atoms with Crippen molar-refractivity contribution in [3.63, 3.8) is 0 Å². The van der Waals surface area contributed by atoms with Crippen molar-refractivity contribution in [3.8, 4) is 11.8 Å². The van der Waals surface area contributed by atoms with Crippen LogP contribution in [0.1, 0.15) is 38.7 Å². The fourth-order valence-corrected chi connectivity index (χ4v) is 1.95. The normalized spacial score (nSPS) is 12.1. The van der Waals surface area contributed by atoms with Gasteiger partial charge < -0.3 is 15.2 Å². The van der Waals surface area contributed by atoms with Gasteiger partial charge in [-0.2, -0.15) is 5.26 Å². The molecule has 0 saturated heterocycles. The smallest absolute Gasteiger partial charge is 0.119 e. The van der Waals surface area contributed by atoms with Crippen LogP contribution in [0.3, 0.4) is 0 Å². The maximum Gasteiger partial charge on any atom is 0.119 e. The Morgan fingerprint density at radius 3 is 2.57 bits per heavy atom. The molecule has 1 aromatic carbocycles. The van der Waals surface area contributed by atoms with Crippen molar-refractivity contribution in [2.75, 3.05) is 19.7 Å². The van der Waals surface area contributed by atoms with Crippen LogP contribution < -0.4 is 10.1 Å². The third-order valence-corrected chi connectivity index (χ3v) is 3.19. The van der Waals surface area contributed by atoms with Crippen LogP contribution >= 0.6 is 0 Å². The molecule has 21 heavy (non-hydrogen) atoms. The van der Waals surface area contributed by atoms with E-state index in [9.17, 15) is 5.11 Å². The predicted octanol–water partition coefficient (Wildman–Crippen LogP) is 2.71. The lowest BCUT2D eigenvalue weighted by molar-refractivity contribution is 0.106. The summed E-state index contributed by atoms with van der Waals surface area (Å²) >= 11 is 0.